The molecule has 0 aliphatic carbocycles. The van der Waals surface area contributed by atoms with Gasteiger partial charge in [-0.15, -0.1) is 0 Å². The van der Waals surface area contributed by atoms with Crippen molar-refractivity contribution in [3.8, 4) is 17.0 Å². The van der Waals surface area contributed by atoms with Gasteiger partial charge in [-0.1, -0.05) is 42.5 Å². The number of carbonyl (C=O) groups is 2. The molecular formula is C28H27N3O4. The second-order valence-electron chi connectivity index (χ2n) is 8.22. The molecule has 35 heavy (non-hydrogen) atoms. The molecule has 1 heterocycles. The van der Waals surface area contributed by atoms with Crippen LogP contribution in [0, 0.1) is 0 Å². The van der Waals surface area contributed by atoms with Gasteiger partial charge in [0, 0.05) is 24.1 Å². The summed E-state index contributed by atoms with van der Waals surface area (Å²) in [5.41, 5.74) is 5.34. The van der Waals surface area contributed by atoms with Crippen LogP contribution in [-0.2, 0) is 17.8 Å². The predicted octanol–water partition coefficient (Wildman–Crippen LogP) is 5.03. The standard InChI is InChI=1S/C28H27N3O4/c1-35-22-14-11-19(12-15-22)18-29-28(34)21-13-16-23-25(17-21)30-24(9-5-6-10-26(32)33)27(31-23)20-7-3-2-4-8-20/h2-4,7-8,11-17H,5-6,9-10,18H2,1H3,(H,29,34)(H,32,33). The summed E-state index contributed by atoms with van der Waals surface area (Å²) >= 11 is 0. The van der Waals surface area contributed by atoms with E-state index >= 15 is 0 Å². The molecule has 178 valence electrons. The van der Waals surface area contributed by atoms with Gasteiger partial charge in [-0.2, -0.15) is 0 Å². The number of aromatic nitrogens is 2. The maximum Gasteiger partial charge on any atom is 0.303 e. The number of fused-ring (bicyclic) bond motifs is 1. The van der Waals surface area contributed by atoms with Crippen LogP contribution in [0.5, 0.6) is 5.75 Å². The van der Waals surface area contributed by atoms with Crippen molar-refractivity contribution in [1.82, 2.24) is 15.3 Å². The van der Waals surface area contributed by atoms with Gasteiger partial charge in [-0.3, -0.25) is 9.59 Å². The number of methoxy groups -OCH3 is 1. The fraction of sp³-hybridized carbons (Fsp3) is 0.214. The molecule has 4 rings (SSSR count). The number of carboxylic acid groups (broad SMARTS) is 1. The summed E-state index contributed by atoms with van der Waals surface area (Å²) in [5.74, 6) is -0.232. The van der Waals surface area contributed by atoms with Crippen LogP contribution in [0.2, 0.25) is 0 Å². The second-order valence-corrected chi connectivity index (χ2v) is 8.22. The normalized spacial score (nSPS) is 10.8. The number of aryl methyl sites for hydroxylation is 1. The second kappa shape index (κ2) is 11.2. The maximum absolute atomic E-state index is 12.8. The molecule has 0 atom stereocenters. The monoisotopic (exact) mass is 469 g/mol. The van der Waals surface area contributed by atoms with Crippen LogP contribution in [0.1, 0.15) is 40.9 Å². The Morgan fingerprint density at radius 1 is 0.914 bits per heavy atom. The molecule has 0 fully saturated rings. The highest BCUT2D eigenvalue weighted by Crippen LogP contribution is 2.25. The lowest BCUT2D eigenvalue weighted by Gasteiger charge is -2.11. The van der Waals surface area contributed by atoms with E-state index in [1.807, 2.05) is 60.7 Å². The third kappa shape index (κ3) is 6.20. The number of benzene rings is 3. The van der Waals surface area contributed by atoms with E-state index in [0.717, 1.165) is 28.3 Å². The number of unbranched alkanes of at least 4 members (excludes halogenated alkanes) is 1. The lowest BCUT2D eigenvalue weighted by Crippen LogP contribution is -2.22. The quantitative estimate of drug-likeness (QED) is 0.316. The number of nitrogens with zero attached hydrogens (tertiary/aromatic N) is 2. The van der Waals surface area contributed by atoms with E-state index in [9.17, 15) is 9.59 Å². The summed E-state index contributed by atoms with van der Waals surface area (Å²) in [7, 11) is 1.61. The van der Waals surface area contributed by atoms with E-state index in [1.54, 1.807) is 19.2 Å². The minimum atomic E-state index is -0.803. The molecule has 0 aliphatic rings. The summed E-state index contributed by atoms with van der Waals surface area (Å²) in [6.07, 6.45) is 1.99. The number of amides is 1. The van der Waals surface area contributed by atoms with Crippen LogP contribution in [0.4, 0.5) is 0 Å². The van der Waals surface area contributed by atoms with Crippen LogP contribution >= 0.6 is 0 Å². The fourth-order valence-electron chi connectivity index (χ4n) is 3.83. The van der Waals surface area contributed by atoms with E-state index < -0.39 is 5.97 Å². The summed E-state index contributed by atoms with van der Waals surface area (Å²) < 4.78 is 5.17. The molecule has 0 unspecified atom stereocenters. The van der Waals surface area contributed by atoms with Crippen molar-refractivity contribution in [3.63, 3.8) is 0 Å². The topological polar surface area (TPSA) is 101 Å². The smallest absolute Gasteiger partial charge is 0.303 e. The Morgan fingerprint density at radius 3 is 2.40 bits per heavy atom. The van der Waals surface area contributed by atoms with Crippen LogP contribution in [0.3, 0.4) is 0 Å². The number of carboxylic acids is 1. The van der Waals surface area contributed by atoms with E-state index in [-0.39, 0.29) is 12.3 Å². The van der Waals surface area contributed by atoms with Gasteiger partial charge in [-0.05, 0) is 55.2 Å². The molecule has 1 aromatic heterocycles. The summed E-state index contributed by atoms with van der Waals surface area (Å²) in [6.45, 7) is 0.397. The van der Waals surface area contributed by atoms with Gasteiger partial charge in [0.15, 0.2) is 0 Å². The molecule has 7 heteroatoms. The van der Waals surface area contributed by atoms with Gasteiger partial charge in [0.25, 0.3) is 5.91 Å². The fourth-order valence-corrected chi connectivity index (χ4v) is 3.83. The molecule has 0 spiro atoms. The number of hydrogen-bond donors (Lipinski definition) is 2. The van der Waals surface area contributed by atoms with Crippen molar-refractivity contribution in [1.29, 1.82) is 0 Å². The Kier molecular flexibility index (Phi) is 7.67. The lowest BCUT2D eigenvalue weighted by atomic mass is 10.0. The molecule has 0 radical (unpaired) electrons. The average Bonchev–Trinajstić information content (AvgIpc) is 2.89. The van der Waals surface area contributed by atoms with Crippen molar-refractivity contribution >= 4 is 22.9 Å². The van der Waals surface area contributed by atoms with Crippen LogP contribution in [-0.4, -0.2) is 34.1 Å². The van der Waals surface area contributed by atoms with Crippen LogP contribution < -0.4 is 10.1 Å². The highest BCUT2D eigenvalue weighted by molar-refractivity contribution is 5.97. The molecule has 0 saturated carbocycles. The zero-order valence-electron chi connectivity index (χ0n) is 19.5. The van der Waals surface area contributed by atoms with Gasteiger partial charge in [-0.25, -0.2) is 9.97 Å². The van der Waals surface area contributed by atoms with Gasteiger partial charge < -0.3 is 15.2 Å². The Balaban J connectivity index is 1.56. The molecule has 0 saturated heterocycles. The Morgan fingerprint density at radius 2 is 1.69 bits per heavy atom. The Hall–Kier alpha value is -4.26. The molecule has 0 bridgehead atoms. The first-order valence-corrected chi connectivity index (χ1v) is 11.5. The van der Waals surface area contributed by atoms with Gasteiger partial charge in [0.2, 0.25) is 0 Å². The minimum Gasteiger partial charge on any atom is -0.497 e. The lowest BCUT2D eigenvalue weighted by molar-refractivity contribution is -0.137. The maximum atomic E-state index is 12.8. The third-order valence-corrected chi connectivity index (χ3v) is 5.71. The molecular weight excluding hydrogens is 442 g/mol. The third-order valence-electron chi connectivity index (χ3n) is 5.71. The average molecular weight is 470 g/mol. The zero-order chi connectivity index (χ0) is 24.6. The number of ether oxygens (including phenoxy) is 1. The van der Waals surface area contributed by atoms with Crippen molar-refractivity contribution in [2.75, 3.05) is 7.11 Å². The van der Waals surface area contributed by atoms with Crippen molar-refractivity contribution < 1.29 is 19.4 Å². The number of hydrogen-bond acceptors (Lipinski definition) is 5. The molecule has 3 aromatic carbocycles. The van der Waals surface area contributed by atoms with Gasteiger partial charge in [0.1, 0.15) is 5.75 Å². The van der Waals surface area contributed by atoms with E-state index in [2.05, 4.69) is 5.32 Å². The van der Waals surface area contributed by atoms with Crippen LogP contribution in [0.25, 0.3) is 22.3 Å². The summed E-state index contributed by atoms with van der Waals surface area (Å²) in [5, 5.41) is 11.9. The minimum absolute atomic E-state index is 0.125. The number of aliphatic carboxylic acids is 1. The first kappa shape index (κ1) is 23.9. The first-order valence-electron chi connectivity index (χ1n) is 11.5. The molecule has 0 aliphatic heterocycles. The number of nitrogens with one attached hydrogen (secondary N) is 1. The summed E-state index contributed by atoms with van der Waals surface area (Å²) in [6, 6.07) is 22.7. The number of carbonyl (C=O) groups excluding carboxylic acids is 1. The van der Waals surface area contributed by atoms with Crippen molar-refractivity contribution in [2.24, 2.45) is 0 Å². The molecule has 4 aromatic rings. The first-order chi connectivity index (χ1) is 17.0. The van der Waals surface area contributed by atoms with Gasteiger partial charge >= 0.3 is 5.97 Å². The number of rotatable bonds is 10. The van der Waals surface area contributed by atoms with Crippen molar-refractivity contribution in [3.05, 3.63) is 89.6 Å². The molecule has 7 nitrogen and oxygen atoms in total. The largest absolute Gasteiger partial charge is 0.497 e. The highest BCUT2D eigenvalue weighted by atomic mass is 16.5. The SMILES string of the molecule is COc1ccc(CNC(=O)c2ccc3nc(-c4ccccc4)c(CCCCC(=O)O)nc3c2)cc1. The van der Waals surface area contributed by atoms with E-state index in [0.29, 0.717) is 42.4 Å². The predicted molar refractivity (Wildman–Crippen MR) is 134 cm³/mol. The van der Waals surface area contributed by atoms with Crippen molar-refractivity contribution in [2.45, 2.75) is 32.2 Å². The Labute approximate surface area is 203 Å². The van der Waals surface area contributed by atoms with E-state index in [4.69, 9.17) is 19.8 Å². The highest BCUT2D eigenvalue weighted by Gasteiger charge is 2.14. The van der Waals surface area contributed by atoms with Crippen LogP contribution in [0.15, 0.2) is 72.8 Å². The van der Waals surface area contributed by atoms with Gasteiger partial charge in [0.05, 0.1) is 29.5 Å². The zero-order valence-corrected chi connectivity index (χ0v) is 19.5. The molecule has 2 N–H and O–H groups in total. The Bertz CT molecular complexity index is 1320. The summed E-state index contributed by atoms with van der Waals surface area (Å²) in [4.78, 5) is 33.4. The molecule has 1 amide bonds. The van der Waals surface area contributed by atoms with E-state index in [1.165, 1.54) is 0 Å².